The third-order valence-corrected chi connectivity index (χ3v) is 6.42. The van der Waals surface area contributed by atoms with Gasteiger partial charge in [0.15, 0.2) is 5.13 Å². The van der Waals surface area contributed by atoms with Gasteiger partial charge in [0.05, 0.1) is 11.4 Å². The van der Waals surface area contributed by atoms with Crippen molar-refractivity contribution in [3.05, 3.63) is 107 Å². The Bertz CT molecular complexity index is 1560. The summed E-state index contributed by atoms with van der Waals surface area (Å²) in [4.78, 5) is 22.5. The van der Waals surface area contributed by atoms with Gasteiger partial charge in [0.25, 0.3) is 5.91 Å². The molecule has 0 saturated heterocycles. The molecule has 35 heavy (non-hydrogen) atoms. The van der Waals surface area contributed by atoms with Crippen molar-refractivity contribution in [1.29, 1.82) is 0 Å². The lowest BCUT2D eigenvalue weighted by Crippen LogP contribution is -2.21. The summed E-state index contributed by atoms with van der Waals surface area (Å²) in [5.41, 5.74) is 5.15. The number of para-hydroxylation sites is 2. The fraction of sp³-hybridized carbons (Fsp3) is 0.138. The Labute approximate surface area is 207 Å². The second kappa shape index (κ2) is 9.31. The minimum absolute atomic E-state index is 0.0904. The van der Waals surface area contributed by atoms with E-state index < -0.39 is 0 Å². The van der Waals surface area contributed by atoms with Gasteiger partial charge in [-0.15, -0.1) is 11.3 Å². The smallest absolute Gasteiger partial charge is 0.262 e. The van der Waals surface area contributed by atoms with E-state index >= 15 is 0 Å². The molecular weight excluding hydrogens is 454 g/mol. The standard InChI is InChI=1S/C29H25N3O2S/c1-29(2,3)21-15-13-19(14-16-21)24-18-35-28(31-24)32-26(33)23-17-20-9-7-8-12-25(20)34-27(23)30-22-10-5-4-6-11-22/h4-18H,1-3H3,(H,31,32,33). The van der Waals surface area contributed by atoms with Crippen LogP contribution in [0, 0.1) is 0 Å². The maximum Gasteiger partial charge on any atom is 0.262 e. The molecule has 1 N–H and O–H groups in total. The topological polar surface area (TPSA) is 67.5 Å². The van der Waals surface area contributed by atoms with Crippen LogP contribution in [-0.4, -0.2) is 10.9 Å². The molecule has 5 aromatic rings. The number of nitrogens with zero attached hydrogens (tertiary/aromatic N) is 2. The van der Waals surface area contributed by atoms with E-state index in [1.54, 1.807) is 6.07 Å². The number of benzene rings is 3. The molecule has 6 heteroatoms. The van der Waals surface area contributed by atoms with E-state index in [9.17, 15) is 4.79 Å². The highest BCUT2D eigenvalue weighted by atomic mass is 32.1. The third-order valence-electron chi connectivity index (χ3n) is 5.66. The molecule has 174 valence electrons. The highest BCUT2D eigenvalue weighted by molar-refractivity contribution is 7.14. The predicted octanol–water partition coefficient (Wildman–Crippen LogP) is 7.34. The average molecular weight is 480 g/mol. The number of anilines is 1. The molecule has 0 spiro atoms. The Morgan fingerprint density at radius 1 is 0.943 bits per heavy atom. The van der Waals surface area contributed by atoms with E-state index in [0.717, 1.165) is 16.6 Å². The first kappa shape index (κ1) is 22.7. The van der Waals surface area contributed by atoms with Crippen molar-refractivity contribution >= 4 is 39.0 Å². The van der Waals surface area contributed by atoms with Gasteiger partial charge in [0.1, 0.15) is 11.1 Å². The minimum atomic E-state index is -0.321. The van der Waals surface area contributed by atoms with Gasteiger partial charge in [-0.05, 0) is 35.2 Å². The number of rotatable bonds is 4. The number of carbonyl (C=O) groups excluding carboxylic acids is 1. The zero-order valence-corrected chi connectivity index (χ0v) is 20.6. The normalized spacial score (nSPS) is 12.1. The van der Waals surface area contributed by atoms with Gasteiger partial charge in [0.2, 0.25) is 5.55 Å². The van der Waals surface area contributed by atoms with Gasteiger partial charge in [-0.1, -0.05) is 81.4 Å². The first-order chi connectivity index (χ1) is 16.9. The molecule has 2 aromatic heterocycles. The van der Waals surface area contributed by atoms with Crippen LogP contribution in [-0.2, 0) is 5.41 Å². The van der Waals surface area contributed by atoms with Gasteiger partial charge in [-0.25, -0.2) is 9.98 Å². The lowest BCUT2D eigenvalue weighted by molar-refractivity contribution is 0.102. The van der Waals surface area contributed by atoms with E-state index in [2.05, 4.69) is 60.3 Å². The lowest BCUT2D eigenvalue weighted by Gasteiger charge is -2.18. The number of amides is 1. The first-order valence-electron chi connectivity index (χ1n) is 11.4. The van der Waals surface area contributed by atoms with Gasteiger partial charge in [0, 0.05) is 16.3 Å². The molecular formula is C29H25N3O2S. The second-order valence-corrected chi connectivity index (χ2v) is 10.1. The summed E-state index contributed by atoms with van der Waals surface area (Å²) in [5.74, 6) is -0.321. The largest absolute Gasteiger partial charge is 0.438 e. The van der Waals surface area contributed by atoms with Gasteiger partial charge in [-0.3, -0.25) is 10.1 Å². The molecule has 3 aromatic carbocycles. The van der Waals surface area contributed by atoms with E-state index in [1.807, 2.05) is 60.0 Å². The number of nitrogens with one attached hydrogen (secondary N) is 1. The SMILES string of the molecule is CC(C)(C)c1ccc(-c2csc(NC(=O)c3cc4ccccc4oc3=Nc3ccccc3)n2)cc1. The van der Waals surface area contributed by atoms with Gasteiger partial charge in [-0.2, -0.15) is 0 Å². The minimum Gasteiger partial charge on any atom is -0.438 e. The Morgan fingerprint density at radius 3 is 2.40 bits per heavy atom. The van der Waals surface area contributed by atoms with Gasteiger partial charge >= 0.3 is 0 Å². The number of hydrogen-bond donors (Lipinski definition) is 1. The Hall–Kier alpha value is -4.03. The van der Waals surface area contributed by atoms with Crippen molar-refractivity contribution in [1.82, 2.24) is 4.98 Å². The molecule has 0 saturated carbocycles. The van der Waals surface area contributed by atoms with Crippen LogP contribution in [0.5, 0.6) is 0 Å². The van der Waals surface area contributed by atoms with Crippen LogP contribution in [0.3, 0.4) is 0 Å². The van der Waals surface area contributed by atoms with Crippen molar-refractivity contribution in [3.63, 3.8) is 0 Å². The summed E-state index contributed by atoms with van der Waals surface area (Å²) in [6.45, 7) is 6.57. The van der Waals surface area contributed by atoms with Crippen LogP contribution in [0.15, 0.2) is 99.7 Å². The van der Waals surface area contributed by atoms with E-state index in [-0.39, 0.29) is 16.9 Å². The quantitative estimate of drug-likeness (QED) is 0.293. The van der Waals surface area contributed by atoms with Crippen LogP contribution >= 0.6 is 11.3 Å². The second-order valence-electron chi connectivity index (χ2n) is 9.27. The monoisotopic (exact) mass is 479 g/mol. The molecule has 5 nitrogen and oxygen atoms in total. The molecule has 0 atom stereocenters. The molecule has 0 aliphatic rings. The number of aromatic nitrogens is 1. The molecule has 1 amide bonds. The third kappa shape index (κ3) is 5.08. The fourth-order valence-corrected chi connectivity index (χ4v) is 4.42. The highest BCUT2D eigenvalue weighted by Crippen LogP contribution is 2.28. The zero-order valence-electron chi connectivity index (χ0n) is 19.8. The average Bonchev–Trinajstić information content (AvgIpc) is 3.32. The summed E-state index contributed by atoms with van der Waals surface area (Å²) in [7, 11) is 0. The van der Waals surface area contributed by atoms with Crippen molar-refractivity contribution < 1.29 is 9.21 Å². The number of thiazole rings is 1. The Balaban J connectivity index is 1.46. The van der Waals surface area contributed by atoms with Crippen LogP contribution in [0.2, 0.25) is 0 Å². The molecule has 2 heterocycles. The molecule has 0 unspecified atom stereocenters. The summed E-state index contributed by atoms with van der Waals surface area (Å²) in [6, 6.07) is 27.2. The molecule has 0 radical (unpaired) electrons. The van der Waals surface area contributed by atoms with Crippen molar-refractivity contribution in [2.24, 2.45) is 4.99 Å². The van der Waals surface area contributed by atoms with E-state index in [1.165, 1.54) is 16.9 Å². The van der Waals surface area contributed by atoms with Crippen LogP contribution < -0.4 is 10.9 Å². The van der Waals surface area contributed by atoms with Crippen LogP contribution in [0.4, 0.5) is 10.8 Å². The van der Waals surface area contributed by atoms with Crippen molar-refractivity contribution in [3.8, 4) is 11.3 Å². The Kier molecular flexibility index (Phi) is 6.05. The number of carbonyl (C=O) groups is 1. The summed E-state index contributed by atoms with van der Waals surface area (Å²) < 4.78 is 6.02. The van der Waals surface area contributed by atoms with E-state index in [4.69, 9.17) is 4.42 Å². The maximum absolute atomic E-state index is 13.3. The molecule has 0 aliphatic heterocycles. The van der Waals surface area contributed by atoms with Crippen LogP contribution in [0.25, 0.3) is 22.2 Å². The van der Waals surface area contributed by atoms with Crippen molar-refractivity contribution in [2.75, 3.05) is 5.32 Å². The van der Waals surface area contributed by atoms with Crippen molar-refractivity contribution in [2.45, 2.75) is 26.2 Å². The Morgan fingerprint density at radius 2 is 1.66 bits per heavy atom. The van der Waals surface area contributed by atoms with Crippen LogP contribution in [0.1, 0.15) is 36.7 Å². The number of hydrogen-bond acceptors (Lipinski definition) is 5. The number of fused-ring (bicyclic) bond motifs is 1. The van der Waals surface area contributed by atoms with Gasteiger partial charge < -0.3 is 4.42 Å². The molecule has 5 rings (SSSR count). The lowest BCUT2D eigenvalue weighted by atomic mass is 9.86. The maximum atomic E-state index is 13.3. The summed E-state index contributed by atoms with van der Waals surface area (Å²) in [6.07, 6.45) is 0. The predicted molar refractivity (Wildman–Crippen MR) is 142 cm³/mol. The summed E-state index contributed by atoms with van der Waals surface area (Å²) in [5, 5.41) is 6.21. The first-order valence-corrected chi connectivity index (χ1v) is 12.3. The fourth-order valence-electron chi connectivity index (χ4n) is 3.70. The molecule has 0 bridgehead atoms. The highest BCUT2D eigenvalue weighted by Gasteiger charge is 2.16. The summed E-state index contributed by atoms with van der Waals surface area (Å²) >= 11 is 1.39. The van der Waals surface area contributed by atoms with E-state index in [0.29, 0.717) is 22.0 Å². The molecule has 0 aliphatic carbocycles. The zero-order chi connectivity index (χ0) is 24.4. The molecule has 0 fully saturated rings.